The van der Waals surface area contributed by atoms with Crippen molar-refractivity contribution in [2.45, 2.75) is 44.4 Å². The molecule has 0 aliphatic carbocycles. The van der Waals surface area contributed by atoms with Gasteiger partial charge >= 0.3 is 29.6 Å². The van der Waals surface area contributed by atoms with Gasteiger partial charge in [-0.05, 0) is 62.7 Å². The Morgan fingerprint density at radius 2 is 1.24 bits per heavy atom. The molecule has 4 rings (SSSR count). The van der Waals surface area contributed by atoms with Crippen molar-refractivity contribution in [2.24, 2.45) is 4.99 Å². The smallest absolute Gasteiger partial charge is 0.744 e. The summed E-state index contributed by atoms with van der Waals surface area (Å²) >= 11 is 0. The minimum Gasteiger partial charge on any atom is -0.744 e. The van der Waals surface area contributed by atoms with Crippen LogP contribution in [0.3, 0.4) is 0 Å². The Hall–Kier alpha value is -2.02. The van der Waals surface area contributed by atoms with Crippen LogP contribution in [0.15, 0.2) is 76.6 Å². The van der Waals surface area contributed by atoms with E-state index in [-0.39, 0.29) is 46.3 Å². The molecule has 0 N–H and O–H groups in total. The molecule has 0 aromatic heterocycles. The first-order valence-corrected chi connectivity index (χ1v) is 12.2. The Kier molecular flexibility index (Phi) is 7.82. The van der Waals surface area contributed by atoms with Gasteiger partial charge in [-0.25, -0.2) is 8.42 Å². The van der Waals surface area contributed by atoms with Crippen molar-refractivity contribution in [1.29, 1.82) is 0 Å². The van der Waals surface area contributed by atoms with Crippen LogP contribution in [0.25, 0.3) is 21.5 Å². The van der Waals surface area contributed by atoms with E-state index >= 15 is 0 Å². The molecule has 0 atom stereocenters. The molecule has 0 aliphatic heterocycles. The molecule has 4 aromatic carbocycles. The van der Waals surface area contributed by atoms with Gasteiger partial charge in [-0.1, -0.05) is 76.2 Å². The Labute approximate surface area is 217 Å². The zero-order valence-electron chi connectivity index (χ0n) is 19.7. The van der Waals surface area contributed by atoms with Gasteiger partial charge in [0, 0.05) is 11.8 Å². The number of hydrogen-bond acceptors (Lipinski definition) is 4. The number of rotatable bonds is 5. The largest absolute Gasteiger partial charge is 1.00 e. The molecule has 6 heteroatoms. The van der Waals surface area contributed by atoms with E-state index in [2.05, 4.69) is 30.3 Å². The summed E-state index contributed by atoms with van der Waals surface area (Å²) < 4.78 is 35.3. The second-order valence-corrected chi connectivity index (χ2v) is 10.1. The third-order valence-electron chi connectivity index (χ3n) is 5.81. The van der Waals surface area contributed by atoms with E-state index in [1.54, 1.807) is 0 Å². The van der Waals surface area contributed by atoms with Crippen LogP contribution >= 0.6 is 0 Å². The van der Waals surface area contributed by atoms with Crippen LogP contribution in [-0.2, 0) is 10.1 Å². The minimum atomic E-state index is -4.56. The van der Waals surface area contributed by atoms with Gasteiger partial charge in [0.25, 0.3) is 0 Å². The molecule has 0 saturated heterocycles. The number of aliphatic imine (C=N–C) groups is 1. The molecule has 0 saturated carbocycles. The summed E-state index contributed by atoms with van der Waals surface area (Å²) in [6.07, 6.45) is 1.88. The fourth-order valence-electron chi connectivity index (χ4n) is 4.14. The van der Waals surface area contributed by atoms with Gasteiger partial charge in [0.1, 0.15) is 10.1 Å². The third-order valence-corrected chi connectivity index (χ3v) is 6.62. The monoisotopic (exact) mass is 467 g/mol. The molecule has 0 fully saturated rings. The van der Waals surface area contributed by atoms with Crippen LogP contribution in [-0.4, -0.2) is 19.2 Å². The predicted molar refractivity (Wildman–Crippen MR) is 131 cm³/mol. The Balaban J connectivity index is 0.00000306. The van der Waals surface area contributed by atoms with Crippen LogP contribution in [0.5, 0.6) is 0 Å². The maximum Gasteiger partial charge on any atom is 1.00 e. The van der Waals surface area contributed by atoms with Crippen molar-refractivity contribution in [1.82, 2.24) is 0 Å². The summed E-state index contributed by atoms with van der Waals surface area (Å²) in [5.41, 5.74) is 3.26. The van der Waals surface area contributed by atoms with Crippen molar-refractivity contribution < 1.29 is 42.5 Å². The summed E-state index contributed by atoms with van der Waals surface area (Å²) in [6.45, 7) is 7.92. The molecular weight excluding hydrogens is 441 g/mol. The molecule has 0 heterocycles. The standard InChI is InChI=1S/C27H27NO3S.Na/c1-17(2)24-14-21(32(29,30)31)15-25(18(3)4)27(24)28-16-26-22-11-7-5-9-19(22)13-20-10-6-8-12-23(20)26;/h5-18H,1-4H3,(H,29,30,31);/q;+1/p-1. The molecule has 0 amide bonds. The molecule has 0 spiro atoms. The van der Waals surface area contributed by atoms with Crippen LogP contribution in [0.1, 0.15) is 56.2 Å². The van der Waals surface area contributed by atoms with Crippen LogP contribution < -0.4 is 29.6 Å². The average Bonchev–Trinajstić information content (AvgIpc) is 2.75. The van der Waals surface area contributed by atoms with Crippen molar-refractivity contribution in [3.05, 3.63) is 83.4 Å². The third kappa shape index (κ3) is 5.23. The Bertz CT molecular complexity index is 1370. The quantitative estimate of drug-likeness (QED) is 0.193. The molecule has 4 aromatic rings. The van der Waals surface area contributed by atoms with E-state index in [0.29, 0.717) is 0 Å². The topological polar surface area (TPSA) is 69.6 Å². The van der Waals surface area contributed by atoms with Crippen molar-refractivity contribution in [3.8, 4) is 0 Å². The van der Waals surface area contributed by atoms with E-state index < -0.39 is 10.1 Å². The van der Waals surface area contributed by atoms with Gasteiger partial charge in [-0.2, -0.15) is 0 Å². The summed E-state index contributed by atoms with van der Waals surface area (Å²) in [7, 11) is -4.56. The first-order valence-electron chi connectivity index (χ1n) is 10.7. The fourth-order valence-corrected chi connectivity index (χ4v) is 4.68. The number of benzene rings is 4. The number of hydrogen-bond donors (Lipinski definition) is 0. The van der Waals surface area contributed by atoms with E-state index in [1.807, 2.05) is 58.2 Å². The van der Waals surface area contributed by atoms with Crippen molar-refractivity contribution >= 4 is 43.6 Å². The van der Waals surface area contributed by atoms with E-state index in [0.717, 1.165) is 43.9 Å². The molecule has 4 nitrogen and oxygen atoms in total. The van der Waals surface area contributed by atoms with Gasteiger partial charge in [-0.3, -0.25) is 4.99 Å². The maximum atomic E-state index is 11.8. The van der Waals surface area contributed by atoms with Crippen LogP contribution in [0, 0.1) is 0 Å². The summed E-state index contributed by atoms with van der Waals surface area (Å²) in [5, 5.41) is 4.47. The number of fused-ring (bicyclic) bond motifs is 2. The van der Waals surface area contributed by atoms with E-state index in [4.69, 9.17) is 4.99 Å². The normalized spacial score (nSPS) is 12.2. The zero-order valence-corrected chi connectivity index (χ0v) is 22.5. The molecule has 0 unspecified atom stereocenters. The van der Waals surface area contributed by atoms with Crippen molar-refractivity contribution in [2.75, 3.05) is 0 Å². The van der Waals surface area contributed by atoms with Gasteiger partial charge in [0.2, 0.25) is 0 Å². The fraction of sp³-hybridized carbons (Fsp3) is 0.222. The molecular formula is C27H26NNaO3S. The SMILES string of the molecule is CC(C)c1cc(S(=O)(=O)[O-])cc(C(C)C)c1N=Cc1c2ccccc2cc2ccccc12.[Na+]. The van der Waals surface area contributed by atoms with Gasteiger partial charge in [0.05, 0.1) is 10.6 Å². The van der Waals surface area contributed by atoms with E-state index in [1.165, 1.54) is 12.1 Å². The average molecular weight is 468 g/mol. The second kappa shape index (κ2) is 10.1. The van der Waals surface area contributed by atoms with Gasteiger partial charge < -0.3 is 4.55 Å². The summed E-state index contributed by atoms with van der Waals surface area (Å²) in [5.74, 6) is 0.0104. The maximum absolute atomic E-state index is 11.8. The Morgan fingerprint density at radius 1 is 0.788 bits per heavy atom. The zero-order chi connectivity index (χ0) is 23.0. The predicted octanol–water partition coefficient (Wildman–Crippen LogP) is 3.90. The van der Waals surface area contributed by atoms with Crippen molar-refractivity contribution in [3.63, 3.8) is 0 Å². The first kappa shape index (κ1) is 25.6. The van der Waals surface area contributed by atoms with Gasteiger partial charge in [0.15, 0.2) is 0 Å². The molecule has 0 radical (unpaired) electrons. The summed E-state index contributed by atoms with van der Waals surface area (Å²) in [6, 6.07) is 21.6. The number of nitrogens with zero attached hydrogens (tertiary/aromatic N) is 1. The Morgan fingerprint density at radius 3 is 1.67 bits per heavy atom. The van der Waals surface area contributed by atoms with Crippen LogP contribution in [0.2, 0.25) is 0 Å². The molecule has 164 valence electrons. The molecule has 0 bridgehead atoms. The molecule has 0 aliphatic rings. The molecule has 33 heavy (non-hydrogen) atoms. The first-order chi connectivity index (χ1) is 15.2. The van der Waals surface area contributed by atoms with E-state index in [9.17, 15) is 13.0 Å². The van der Waals surface area contributed by atoms with Gasteiger partial charge in [-0.15, -0.1) is 0 Å². The van der Waals surface area contributed by atoms with Crippen LogP contribution in [0.4, 0.5) is 5.69 Å². The summed E-state index contributed by atoms with van der Waals surface area (Å²) in [4.78, 5) is 4.73. The minimum absolute atomic E-state index is 0. The second-order valence-electron chi connectivity index (χ2n) is 8.70.